The van der Waals surface area contributed by atoms with Crippen LogP contribution in [0.4, 0.5) is 0 Å². The van der Waals surface area contributed by atoms with Gasteiger partial charge in [-0.05, 0) is 49.7 Å². The normalized spacial score (nSPS) is 11.7. The highest BCUT2D eigenvalue weighted by atomic mass is 16.5. The highest BCUT2D eigenvalue weighted by molar-refractivity contribution is 5.77. The van der Waals surface area contributed by atoms with Gasteiger partial charge in [0, 0.05) is 20.1 Å². The number of nitrogens with one attached hydrogen (secondary N) is 1. The molecule has 1 atom stereocenters. The first-order valence-electron chi connectivity index (χ1n) is 9.60. The van der Waals surface area contributed by atoms with Gasteiger partial charge in [-0.15, -0.1) is 0 Å². The van der Waals surface area contributed by atoms with Gasteiger partial charge < -0.3 is 24.8 Å². The van der Waals surface area contributed by atoms with Gasteiger partial charge in [0.1, 0.15) is 24.2 Å². The Morgan fingerprint density at radius 3 is 2.43 bits per heavy atom. The summed E-state index contributed by atoms with van der Waals surface area (Å²) in [6.45, 7) is 4.13. The number of rotatable bonds is 12. The van der Waals surface area contributed by atoms with Crippen LogP contribution >= 0.6 is 0 Å². The van der Waals surface area contributed by atoms with Crippen LogP contribution in [0.3, 0.4) is 0 Å². The molecule has 2 aromatic rings. The maximum absolute atomic E-state index is 11.7. The van der Waals surface area contributed by atoms with Gasteiger partial charge >= 0.3 is 0 Å². The molecule has 0 aliphatic heterocycles. The molecule has 1 unspecified atom stereocenters. The topological polar surface area (TPSA) is 71.0 Å². The van der Waals surface area contributed by atoms with Crippen LogP contribution in [0, 0.1) is 0 Å². The third-order valence-electron chi connectivity index (χ3n) is 4.34. The highest BCUT2D eigenvalue weighted by Gasteiger charge is 2.07. The SMILES string of the molecule is CCN(C)C(=O)COc1ccc(CCNCC(O)COc2ccccc2)cc1. The molecule has 2 aromatic carbocycles. The van der Waals surface area contributed by atoms with Gasteiger partial charge in [-0.25, -0.2) is 0 Å². The molecule has 6 nitrogen and oxygen atoms in total. The Kier molecular flexibility index (Phi) is 9.31. The van der Waals surface area contributed by atoms with Crippen molar-refractivity contribution in [3.05, 3.63) is 60.2 Å². The monoisotopic (exact) mass is 386 g/mol. The van der Waals surface area contributed by atoms with Crippen molar-refractivity contribution in [2.45, 2.75) is 19.4 Å². The summed E-state index contributed by atoms with van der Waals surface area (Å²) in [4.78, 5) is 13.4. The van der Waals surface area contributed by atoms with E-state index in [-0.39, 0.29) is 19.1 Å². The second-order valence-corrected chi connectivity index (χ2v) is 6.57. The van der Waals surface area contributed by atoms with Crippen molar-refractivity contribution >= 4 is 5.91 Å². The molecule has 0 aliphatic carbocycles. The molecule has 0 radical (unpaired) electrons. The molecule has 1 amide bonds. The minimum absolute atomic E-state index is 0.0365. The Balaban J connectivity index is 1.60. The Hall–Kier alpha value is -2.57. The number of likely N-dealkylation sites (N-methyl/N-ethyl adjacent to an activating group) is 1. The van der Waals surface area contributed by atoms with Crippen molar-refractivity contribution in [2.24, 2.45) is 0 Å². The van der Waals surface area contributed by atoms with E-state index in [9.17, 15) is 9.90 Å². The third kappa shape index (κ3) is 7.98. The molecule has 0 saturated carbocycles. The van der Waals surface area contributed by atoms with Crippen molar-refractivity contribution in [3.63, 3.8) is 0 Å². The van der Waals surface area contributed by atoms with Gasteiger partial charge in [0.25, 0.3) is 5.91 Å². The number of benzene rings is 2. The van der Waals surface area contributed by atoms with Crippen LogP contribution in [0.1, 0.15) is 12.5 Å². The Bertz CT molecular complexity index is 691. The molecule has 0 aliphatic rings. The van der Waals surface area contributed by atoms with Crippen LogP contribution in [-0.4, -0.2) is 61.9 Å². The summed E-state index contributed by atoms with van der Waals surface area (Å²) in [6, 6.07) is 17.2. The van der Waals surface area contributed by atoms with E-state index in [1.165, 1.54) is 0 Å². The molecule has 0 heterocycles. The largest absolute Gasteiger partial charge is 0.491 e. The zero-order valence-electron chi connectivity index (χ0n) is 16.6. The smallest absolute Gasteiger partial charge is 0.260 e. The second-order valence-electron chi connectivity index (χ2n) is 6.57. The quantitative estimate of drug-likeness (QED) is 0.547. The van der Waals surface area contributed by atoms with Crippen molar-refractivity contribution in [2.75, 3.05) is 39.9 Å². The number of carbonyl (C=O) groups is 1. The lowest BCUT2D eigenvalue weighted by molar-refractivity contribution is -0.131. The van der Waals surface area contributed by atoms with Gasteiger partial charge in [0.05, 0.1) is 0 Å². The molecule has 0 aromatic heterocycles. The van der Waals surface area contributed by atoms with E-state index in [0.717, 1.165) is 24.3 Å². The van der Waals surface area contributed by atoms with E-state index in [1.807, 2.05) is 61.5 Å². The molecule has 0 fully saturated rings. The fourth-order valence-corrected chi connectivity index (χ4v) is 2.45. The molecule has 2 rings (SSSR count). The summed E-state index contributed by atoms with van der Waals surface area (Å²) >= 11 is 0. The maximum atomic E-state index is 11.7. The van der Waals surface area contributed by atoms with Crippen LogP contribution in [0.5, 0.6) is 11.5 Å². The van der Waals surface area contributed by atoms with E-state index < -0.39 is 6.10 Å². The predicted molar refractivity (Wildman–Crippen MR) is 110 cm³/mol. The first-order chi connectivity index (χ1) is 13.6. The number of hydrogen-bond acceptors (Lipinski definition) is 5. The van der Waals surface area contributed by atoms with Crippen LogP contribution in [-0.2, 0) is 11.2 Å². The van der Waals surface area contributed by atoms with Crippen LogP contribution in [0.2, 0.25) is 0 Å². The van der Waals surface area contributed by atoms with Crippen molar-refractivity contribution in [3.8, 4) is 11.5 Å². The zero-order valence-corrected chi connectivity index (χ0v) is 16.6. The summed E-state index contributed by atoms with van der Waals surface area (Å²) < 4.78 is 11.0. The van der Waals surface area contributed by atoms with Gasteiger partial charge in [-0.2, -0.15) is 0 Å². The Morgan fingerprint density at radius 2 is 1.75 bits per heavy atom. The molecular formula is C22H30N2O4. The second kappa shape index (κ2) is 12.0. The summed E-state index contributed by atoms with van der Waals surface area (Å²) in [5, 5.41) is 13.2. The third-order valence-corrected chi connectivity index (χ3v) is 4.34. The number of hydrogen-bond donors (Lipinski definition) is 2. The molecule has 6 heteroatoms. The summed E-state index contributed by atoms with van der Waals surface area (Å²) in [5.74, 6) is 1.40. The number of aliphatic hydroxyl groups excluding tert-OH is 1. The number of nitrogens with zero attached hydrogens (tertiary/aromatic N) is 1. The average molecular weight is 386 g/mol. The molecule has 0 saturated heterocycles. The summed E-state index contributed by atoms with van der Waals surface area (Å²) in [7, 11) is 1.76. The maximum Gasteiger partial charge on any atom is 0.260 e. The molecule has 2 N–H and O–H groups in total. The fraction of sp³-hybridized carbons (Fsp3) is 0.409. The molecule has 0 bridgehead atoms. The van der Waals surface area contributed by atoms with Crippen LogP contribution < -0.4 is 14.8 Å². The van der Waals surface area contributed by atoms with Crippen molar-refractivity contribution in [1.29, 1.82) is 0 Å². The molecule has 0 spiro atoms. The van der Waals surface area contributed by atoms with Gasteiger partial charge in [0.15, 0.2) is 6.61 Å². The number of para-hydroxylation sites is 1. The van der Waals surface area contributed by atoms with Crippen LogP contribution in [0.25, 0.3) is 0 Å². The van der Waals surface area contributed by atoms with E-state index in [0.29, 0.717) is 18.8 Å². The first kappa shape index (κ1) is 21.7. The summed E-state index contributed by atoms with van der Waals surface area (Å²) in [5.41, 5.74) is 1.16. The molecular weight excluding hydrogens is 356 g/mol. The van der Waals surface area contributed by atoms with Crippen LogP contribution in [0.15, 0.2) is 54.6 Å². The van der Waals surface area contributed by atoms with Gasteiger partial charge in [-0.1, -0.05) is 30.3 Å². The summed E-state index contributed by atoms with van der Waals surface area (Å²) in [6.07, 6.45) is 0.277. The highest BCUT2D eigenvalue weighted by Crippen LogP contribution is 2.12. The van der Waals surface area contributed by atoms with Gasteiger partial charge in [0.2, 0.25) is 0 Å². The Morgan fingerprint density at radius 1 is 1.07 bits per heavy atom. The predicted octanol–water partition coefficient (Wildman–Crippen LogP) is 2.12. The van der Waals surface area contributed by atoms with E-state index in [2.05, 4.69) is 5.32 Å². The standard InChI is InChI=1S/C22H30N2O4/c1-3-24(2)22(26)17-28-21-11-9-18(10-12-21)13-14-23-15-19(25)16-27-20-7-5-4-6-8-20/h4-12,19,23,25H,3,13-17H2,1-2H3. The lowest BCUT2D eigenvalue weighted by Crippen LogP contribution is -2.32. The minimum atomic E-state index is -0.560. The van der Waals surface area contributed by atoms with E-state index in [1.54, 1.807) is 11.9 Å². The van der Waals surface area contributed by atoms with Crippen molar-refractivity contribution in [1.82, 2.24) is 10.2 Å². The number of carbonyl (C=O) groups excluding carboxylic acids is 1. The van der Waals surface area contributed by atoms with E-state index >= 15 is 0 Å². The van der Waals surface area contributed by atoms with Gasteiger partial charge in [-0.3, -0.25) is 4.79 Å². The Labute approximate surface area is 167 Å². The van der Waals surface area contributed by atoms with Crippen molar-refractivity contribution < 1.29 is 19.4 Å². The lowest BCUT2D eigenvalue weighted by Gasteiger charge is -2.15. The lowest BCUT2D eigenvalue weighted by atomic mass is 10.1. The molecule has 28 heavy (non-hydrogen) atoms. The minimum Gasteiger partial charge on any atom is -0.491 e. The van der Waals surface area contributed by atoms with E-state index in [4.69, 9.17) is 9.47 Å². The average Bonchev–Trinajstić information content (AvgIpc) is 2.74. The number of aliphatic hydroxyl groups is 1. The molecule has 152 valence electrons. The first-order valence-corrected chi connectivity index (χ1v) is 9.60. The fourth-order valence-electron chi connectivity index (χ4n) is 2.45. The number of ether oxygens (including phenoxy) is 2. The number of amides is 1. The zero-order chi connectivity index (χ0) is 20.2.